The second kappa shape index (κ2) is 9.24. The number of methoxy groups -OCH3 is 1. The van der Waals surface area contributed by atoms with Crippen LogP contribution in [-0.2, 0) is 9.59 Å². The highest BCUT2D eigenvalue weighted by molar-refractivity contribution is 6.00. The van der Waals surface area contributed by atoms with Crippen molar-refractivity contribution in [2.75, 3.05) is 37.0 Å². The van der Waals surface area contributed by atoms with Crippen molar-refractivity contribution in [3.63, 3.8) is 0 Å². The number of ether oxygens (including phenoxy) is 1. The number of anilines is 2. The van der Waals surface area contributed by atoms with E-state index in [1.54, 1.807) is 53.4 Å². The lowest BCUT2D eigenvalue weighted by Crippen LogP contribution is -2.35. The number of amides is 2. The van der Waals surface area contributed by atoms with Gasteiger partial charge in [-0.1, -0.05) is 0 Å². The Labute approximate surface area is 179 Å². The number of rotatable bonds is 8. The van der Waals surface area contributed by atoms with E-state index in [9.17, 15) is 9.59 Å². The molecule has 0 saturated carbocycles. The molecule has 1 unspecified atom stereocenters. The summed E-state index contributed by atoms with van der Waals surface area (Å²) in [6.07, 6.45) is 3.66. The van der Waals surface area contributed by atoms with Crippen LogP contribution >= 0.6 is 0 Å². The van der Waals surface area contributed by atoms with Crippen molar-refractivity contribution in [2.24, 2.45) is 5.92 Å². The summed E-state index contributed by atoms with van der Waals surface area (Å²) in [5, 5.41) is 18.3. The Morgan fingerprint density at radius 2 is 2.00 bits per heavy atom. The summed E-state index contributed by atoms with van der Waals surface area (Å²) in [6.45, 7) is 1.27. The predicted octanol–water partition coefficient (Wildman–Crippen LogP) is 1.25. The van der Waals surface area contributed by atoms with Gasteiger partial charge in [0.15, 0.2) is 5.82 Å². The number of hydrogen-bond acceptors (Lipinski definition) is 7. The van der Waals surface area contributed by atoms with Crippen LogP contribution in [0.3, 0.4) is 0 Å². The van der Waals surface area contributed by atoms with E-state index >= 15 is 0 Å². The van der Waals surface area contributed by atoms with Crippen molar-refractivity contribution in [2.45, 2.75) is 6.42 Å². The summed E-state index contributed by atoms with van der Waals surface area (Å²) in [5.41, 5.74) is 0.764. The van der Waals surface area contributed by atoms with E-state index in [0.717, 1.165) is 11.4 Å². The second-order valence-corrected chi connectivity index (χ2v) is 7.05. The van der Waals surface area contributed by atoms with E-state index in [0.29, 0.717) is 31.3 Å². The van der Waals surface area contributed by atoms with E-state index in [-0.39, 0.29) is 24.2 Å². The average molecular weight is 421 g/mol. The van der Waals surface area contributed by atoms with E-state index in [2.05, 4.69) is 25.9 Å². The van der Waals surface area contributed by atoms with E-state index in [4.69, 9.17) is 4.74 Å². The number of hydrogen-bond donors (Lipinski definition) is 2. The molecule has 1 aromatic carbocycles. The normalized spacial score (nSPS) is 15.7. The third kappa shape index (κ3) is 4.80. The summed E-state index contributed by atoms with van der Waals surface area (Å²) in [7, 11) is 1.59. The number of carbonyl (C=O) groups is 2. The maximum atomic E-state index is 12.5. The molecule has 0 aliphatic carbocycles. The molecule has 2 amide bonds. The fourth-order valence-corrected chi connectivity index (χ4v) is 3.36. The highest BCUT2D eigenvalue weighted by Crippen LogP contribution is 2.26. The average Bonchev–Trinajstić information content (AvgIpc) is 3.47. The van der Waals surface area contributed by atoms with Gasteiger partial charge in [0.25, 0.3) is 0 Å². The van der Waals surface area contributed by atoms with Gasteiger partial charge in [0.1, 0.15) is 11.6 Å². The van der Waals surface area contributed by atoms with Crippen LogP contribution < -0.4 is 20.3 Å². The van der Waals surface area contributed by atoms with Crippen LogP contribution in [0.1, 0.15) is 6.42 Å². The van der Waals surface area contributed by atoms with Crippen LogP contribution in [0.2, 0.25) is 0 Å². The van der Waals surface area contributed by atoms with Gasteiger partial charge in [0.05, 0.1) is 13.0 Å². The molecule has 160 valence electrons. The molecule has 31 heavy (non-hydrogen) atoms. The van der Waals surface area contributed by atoms with Crippen molar-refractivity contribution in [1.82, 2.24) is 25.3 Å². The van der Waals surface area contributed by atoms with Crippen molar-refractivity contribution < 1.29 is 14.3 Å². The molecule has 3 aromatic rings. The molecule has 4 rings (SSSR count). The number of nitrogens with one attached hydrogen (secondary N) is 2. The number of benzene rings is 1. The Morgan fingerprint density at radius 1 is 1.16 bits per heavy atom. The molecule has 1 saturated heterocycles. The molecule has 1 fully saturated rings. The first-order valence-electron chi connectivity index (χ1n) is 9.94. The van der Waals surface area contributed by atoms with Crippen LogP contribution in [0.25, 0.3) is 5.82 Å². The zero-order valence-electron chi connectivity index (χ0n) is 17.1. The molecule has 1 aliphatic rings. The van der Waals surface area contributed by atoms with Crippen LogP contribution in [0.15, 0.2) is 54.9 Å². The van der Waals surface area contributed by atoms with Gasteiger partial charge in [-0.05, 0) is 42.5 Å². The minimum Gasteiger partial charge on any atom is -0.497 e. The summed E-state index contributed by atoms with van der Waals surface area (Å²) in [4.78, 5) is 26.5. The maximum absolute atomic E-state index is 12.5. The Balaban J connectivity index is 1.22. The number of nitrogens with zero attached hydrogens (tertiary/aromatic N) is 5. The molecule has 10 heteroatoms. The van der Waals surface area contributed by atoms with Crippen LogP contribution in [-0.4, -0.2) is 58.5 Å². The van der Waals surface area contributed by atoms with Gasteiger partial charge < -0.3 is 20.3 Å². The lowest BCUT2D eigenvalue weighted by atomic mass is 10.1. The summed E-state index contributed by atoms with van der Waals surface area (Å²) >= 11 is 0. The highest BCUT2D eigenvalue weighted by atomic mass is 16.5. The van der Waals surface area contributed by atoms with Crippen LogP contribution in [0.5, 0.6) is 5.75 Å². The van der Waals surface area contributed by atoms with Gasteiger partial charge in [0.2, 0.25) is 11.8 Å². The Bertz CT molecular complexity index is 1020. The molecule has 1 atom stereocenters. The smallest absolute Gasteiger partial charge is 0.227 e. The van der Waals surface area contributed by atoms with Gasteiger partial charge in [0, 0.05) is 44.1 Å². The van der Waals surface area contributed by atoms with Crippen molar-refractivity contribution in [3.8, 4) is 11.6 Å². The quantitative estimate of drug-likeness (QED) is 0.526. The third-order valence-corrected chi connectivity index (χ3v) is 5.00. The lowest BCUT2D eigenvalue weighted by molar-refractivity contribution is -0.126. The first kappa shape index (κ1) is 20.3. The molecule has 1 aliphatic heterocycles. The van der Waals surface area contributed by atoms with Crippen molar-refractivity contribution >= 4 is 23.3 Å². The molecule has 0 radical (unpaired) electrons. The number of aromatic nitrogens is 4. The standard InChI is InChI=1S/C21H23N7O3/c1-31-17-5-3-16(4-6-17)27-14-15(13-20(27)29)21(30)23-11-10-22-18-7-8-19(26-25-18)28-12-2-9-24-28/h2-9,12,15H,10-11,13-14H2,1H3,(H,22,25)(H,23,30). The molecule has 2 aromatic heterocycles. The minimum atomic E-state index is -0.372. The predicted molar refractivity (Wildman–Crippen MR) is 114 cm³/mol. The maximum Gasteiger partial charge on any atom is 0.227 e. The van der Waals surface area contributed by atoms with Gasteiger partial charge in [-0.3, -0.25) is 9.59 Å². The first-order chi connectivity index (χ1) is 15.1. The van der Waals surface area contributed by atoms with Crippen LogP contribution in [0.4, 0.5) is 11.5 Å². The highest BCUT2D eigenvalue weighted by Gasteiger charge is 2.34. The summed E-state index contributed by atoms with van der Waals surface area (Å²) in [6, 6.07) is 12.6. The van der Waals surface area contributed by atoms with Crippen molar-refractivity contribution in [3.05, 3.63) is 54.9 Å². The largest absolute Gasteiger partial charge is 0.497 e. The number of carbonyl (C=O) groups excluding carboxylic acids is 2. The van der Waals surface area contributed by atoms with Gasteiger partial charge in [-0.15, -0.1) is 10.2 Å². The molecule has 10 nitrogen and oxygen atoms in total. The molecular formula is C21H23N7O3. The van der Waals surface area contributed by atoms with Crippen molar-refractivity contribution in [1.29, 1.82) is 0 Å². The lowest BCUT2D eigenvalue weighted by Gasteiger charge is -2.17. The van der Waals surface area contributed by atoms with Gasteiger partial charge >= 0.3 is 0 Å². The fourth-order valence-electron chi connectivity index (χ4n) is 3.36. The molecular weight excluding hydrogens is 398 g/mol. The van der Waals surface area contributed by atoms with E-state index in [1.807, 2.05) is 18.2 Å². The van der Waals surface area contributed by atoms with E-state index < -0.39 is 0 Å². The Kier molecular flexibility index (Phi) is 6.06. The molecule has 0 bridgehead atoms. The SMILES string of the molecule is COc1ccc(N2CC(C(=O)NCCNc3ccc(-n4cccn4)nn3)CC2=O)cc1. The summed E-state index contributed by atoms with van der Waals surface area (Å²) < 4.78 is 6.76. The summed E-state index contributed by atoms with van der Waals surface area (Å²) in [5.74, 6) is 1.38. The Morgan fingerprint density at radius 3 is 2.68 bits per heavy atom. The Hall–Kier alpha value is -3.95. The zero-order chi connectivity index (χ0) is 21.6. The molecule has 2 N–H and O–H groups in total. The van der Waals surface area contributed by atoms with Gasteiger partial charge in [-0.2, -0.15) is 5.10 Å². The molecule has 3 heterocycles. The fraction of sp³-hybridized carbons (Fsp3) is 0.286. The minimum absolute atomic E-state index is 0.0593. The molecule has 0 spiro atoms. The van der Waals surface area contributed by atoms with Crippen LogP contribution in [0, 0.1) is 5.92 Å². The van der Waals surface area contributed by atoms with Gasteiger partial charge in [-0.25, -0.2) is 4.68 Å². The second-order valence-electron chi connectivity index (χ2n) is 7.05. The van der Waals surface area contributed by atoms with E-state index in [1.165, 1.54) is 0 Å². The third-order valence-electron chi connectivity index (χ3n) is 5.00. The zero-order valence-corrected chi connectivity index (χ0v) is 17.1. The monoisotopic (exact) mass is 421 g/mol. The topological polar surface area (TPSA) is 114 Å². The first-order valence-corrected chi connectivity index (χ1v) is 9.94.